The third-order valence-electron chi connectivity index (χ3n) is 4.81. The molecule has 2 aromatic carbocycles. The van der Waals surface area contributed by atoms with Gasteiger partial charge in [0.25, 0.3) is 5.56 Å². The molecule has 0 unspecified atom stereocenters. The molecule has 1 atom stereocenters. The molecule has 0 saturated carbocycles. The molecule has 0 radical (unpaired) electrons. The van der Waals surface area contributed by atoms with E-state index in [9.17, 15) is 9.59 Å². The van der Waals surface area contributed by atoms with Gasteiger partial charge >= 0.3 is 0 Å². The monoisotopic (exact) mass is 375 g/mol. The molecular weight excluding hydrogens is 354 g/mol. The van der Waals surface area contributed by atoms with Crippen LogP contribution in [0.4, 0.5) is 0 Å². The number of aromatic nitrogens is 2. The molecule has 0 fully saturated rings. The molecule has 6 heteroatoms. The van der Waals surface area contributed by atoms with Crippen molar-refractivity contribution >= 4 is 28.0 Å². The first-order valence-corrected chi connectivity index (χ1v) is 9.25. The number of nitrogens with one attached hydrogen (secondary N) is 1. The normalized spacial score (nSPS) is 12.5. The first-order valence-electron chi connectivity index (χ1n) is 9.25. The first-order chi connectivity index (χ1) is 13.5. The zero-order valence-corrected chi connectivity index (χ0v) is 15.8. The maximum absolute atomic E-state index is 12.8. The van der Waals surface area contributed by atoms with Gasteiger partial charge in [-0.1, -0.05) is 56.3 Å². The Kier molecular flexibility index (Phi) is 4.69. The highest BCUT2D eigenvalue weighted by Crippen LogP contribution is 2.24. The minimum atomic E-state index is -0.364. The zero-order chi connectivity index (χ0) is 19.7. The van der Waals surface area contributed by atoms with Gasteiger partial charge in [0, 0.05) is 5.39 Å². The molecule has 4 aromatic rings. The zero-order valence-electron chi connectivity index (χ0n) is 15.8. The lowest BCUT2D eigenvalue weighted by atomic mass is 9.96. The van der Waals surface area contributed by atoms with Gasteiger partial charge in [-0.25, -0.2) is 4.98 Å². The quantitative estimate of drug-likeness (QED) is 0.577. The number of benzene rings is 2. The molecule has 0 aliphatic carbocycles. The SMILES string of the molecule is CC(C)[C@H](NC(=O)Cn1cnc2c(oc3ccccc32)c1=O)c1ccccc1. The van der Waals surface area contributed by atoms with E-state index in [1.807, 2.05) is 62.4 Å². The van der Waals surface area contributed by atoms with Crippen LogP contribution in [0.3, 0.4) is 0 Å². The number of hydrogen-bond donors (Lipinski definition) is 1. The van der Waals surface area contributed by atoms with Crippen LogP contribution < -0.4 is 10.9 Å². The van der Waals surface area contributed by atoms with E-state index >= 15 is 0 Å². The van der Waals surface area contributed by atoms with Gasteiger partial charge in [0.05, 0.1) is 12.4 Å². The van der Waals surface area contributed by atoms with Gasteiger partial charge in [0.1, 0.15) is 17.6 Å². The summed E-state index contributed by atoms with van der Waals surface area (Å²) in [6.45, 7) is 3.98. The smallest absolute Gasteiger partial charge is 0.297 e. The van der Waals surface area contributed by atoms with Crippen molar-refractivity contribution in [2.45, 2.75) is 26.4 Å². The standard InChI is InChI=1S/C22H21N3O3/c1-14(2)19(15-8-4-3-5-9-15)24-18(26)12-25-13-23-20-16-10-6-7-11-17(16)28-21(20)22(25)27/h3-11,13-14,19H,12H2,1-2H3,(H,24,26)/t19-/m0/s1. The average molecular weight is 375 g/mol. The van der Waals surface area contributed by atoms with Crippen LogP contribution in [-0.4, -0.2) is 15.5 Å². The summed E-state index contributed by atoms with van der Waals surface area (Å²) in [6.07, 6.45) is 1.40. The maximum atomic E-state index is 12.8. The van der Waals surface area contributed by atoms with Gasteiger partial charge in [-0.05, 0) is 23.6 Å². The van der Waals surface area contributed by atoms with Crippen LogP contribution >= 0.6 is 0 Å². The molecule has 0 aliphatic rings. The molecule has 0 saturated heterocycles. The highest BCUT2D eigenvalue weighted by Gasteiger charge is 2.19. The van der Waals surface area contributed by atoms with Crippen molar-refractivity contribution in [2.24, 2.45) is 5.92 Å². The first kappa shape index (κ1) is 18.0. The van der Waals surface area contributed by atoms with E-state index in [2.05, 4.69) is 10.3 Å². The fourth-order valence-corrected chi connectivity index (χ4v) is 3.40. The van der Waals surface area contributed by atoms with E-state index in [0.717, 1.165) is 10.9 Å². The van der Waals surface area contributed by atoms with Crippen LogP contribution in [0.25, 0.3) is 22.1 Å². The van der Waals surface area contributed by atoms with Crippen LogP contribution in [0, 0.1) is 5.92 Å². The van der Waals surface area contributed by atoms with E-state index in [0.29, 0.717) is 11.1 Å². The van der Waals surface area contributed by atoms with Crippen LogP contribution in [0.5, 0.6) is 0 Å². The summed E-state index contributed by atoms with van der Waals surface area (Å²) in [5.41, 5.74) is 1.95. The highest BCUT2D eigenvalue weighted by atomic mass is 16.3. The third-order valence-corrected chi connectivity index (χ3v) is 4.81. The molecule has 1 N–H and O–H groups in total. The minimum absolute atomic E-state index is 0.116. The Hall–Kier alpha value is -3.41. The van der Waals surface area contributed by atoms with Crippen LogP contribution in [-0.2, 0) is 11.3 Å². The molecule has 0 spiro atoms. The second-order valence-electron chi connectivity index (χ2n) is 7.15. The summed E-state index contributed by atoms with van der Waals surface area (Å²) in [5, 5.41) is 3.81. The van der Waals surface area contributed by atoms with E-state index in [1.165, 1.54) is 10.9 Å². The third kappa shape index (κ3) is 3.29. The van der Waals surface area contributed by atoms with Crippen molar-refractivity contribution in [2.75, 3.05) is 0 Å². The minimum Gasteiger partial charge on any atom is -0.448 e. The Morgan fingerprint density at radius 1 is 1.11 bits per heavy atom. The highest BCUT2D eigenvalue weighted by molar-refractivity contribution is 6.01. The number of fused-ring (bicyclic) bond motifs is 3. The lowest BCUT2D eigenvalue weighted by Gasteiger charge is -2.23. The molecule has 28 heavy (non-hydrogen) atoms. The van der Waals surface area contributed by atoms with Gasteiger partial charge < -0.3 is 9.73 Å². The fourth-order valence-electron chi connectivity index (χ4n) is 3.40. The molecule has 0 bridgehead atoms. The van der Waals surface area contributed by atoms with Gasteiger partial charge in [-0.3, -0.25) is 14.2 Å². The second-order valence-corrected chi connectivity index (χ2v) is 7.15. The largest absolute Gasteiger partial charge is 0.448 e. The Labute approximate surface area is 161 Å². The Morgan fingerprint density at radius 3 is 2.57 bits per heavy atom. The van der Waals surface area contributed by atoms with Gasteiger partial charge in [-0.2, -0.15) is 0 Å². The van der Waals surface area contributed by atoms with Crippen molar-refractivity contribution < 1.29 is 9.21 Å². The maximum Gasteiger partial charge on any atom is 0.297 e. The van der Waals surface area contributed by atoms with Crippen LogP contribution in [0.2, 0.25) is 0 Å². The topological polar surface area (TPSA) is 77.1 Å². The summed E-state index contributed by atoms with van der Waals surface area (Å²) in [7, 11) is 0. The Morgan fingerprint density at radius 2 is 1.82 bits per heavy atom. The molecular formula is C22H21N3O3. The Balaban J connectivity index is 1.60. The van der Waals surface area contributed by atoms with Gasteiger partial charge in [0.2, 0.25) is 11.5 Å². The number of hydrogen-bond acceptors (Lipinski definition) is 4. The van der Waals surface area contributed by atoms with Crippen LogP contribution in [0.15, 0.2) is 70.1 Å². The summed E-state index contributed by atoms with van der Waals surface area (Å²) in [6, 6.07) is 17.0. The molecule has 2 heterocycles. The molecule has 4 rings (SSSR count). The molecule has 0 aliphatic heterocycles. The predicted octanol–water partition coefficient (Wildman–Crippen LogP) is 3.66. The average Bonchev–Trinajstić information content (AvgIpc) is 3.08. The van der Waals surface area contributed by atoms with Gasteiger partial charge in [-0.15, -0.1) is 0 Å². The predicted molar refractivity (Wildman–Crippen MR) is 108 cm³/mol. The van der Waals surface area contributed by atoms with E-state index in [-0.39, 0.29) is 35.6 Å². The number of rotatable bonds is 5. The summed E-state index contributed by atoms with van der Waals surface area (Å²) < 4.78 is 6.95. The van der Waals surface area contributed by atoms with Crippen LogP contribution in [0.1, 0.15) is 25.5 Å². The molecule has 142 valence electrons. The lowest BCUT2D eigenvalue weighted by Crippen LogP contribution is -2.36. The summed E-state index contributed by atoms with van der Waals surface area (Å²) in [5.74, 6) is -0.0408. The lowest BCUT2D eigenvalue weighted by molar-refractivity contribution is -0.122. The molecule has 1 amide bonds. The number of carbonyl (C=O) groups excluding carboxylic acids is 1. The fraction of sp³-hybridized carbons (Fsp3) is 0.227. The van der Waals surface area contributed by atoms with Crippen molar-refractivity contribution in [1.82, 2.24) is 14.9 Å². The van der Waals surface area contributed by atoms with E-state index in [4.69, 9.17) is 4.42 Å². The summed E-state index contributed by atoms with van der Waals surface area (Å²) in [4.78, 5) is 29.7. The van der Waals surface area contributed by atoms with Crippen molar-refractivity contribution in [3.05, 3.63) is 76.8 Å². The van der Waals surface area contributed by atoms with Gasteiger partial charge in [0.15, 0.2) is 0 Å². The Bertz CT molecular complexity index is 1190. The van der Waals surface area contributed by atoms with E-state index in [1.54, 1.807) is 6.07 Å². The molecule has 2 aromatic heterocycles. The number of nitrogens with zero attached hydrogens (tertiary/aromatic N) is 2. The number of carbonyl (C=O) groups is 1. The summed E-state index contributed by atoms with van der Waals surface area (Å²) >= 11 is 0. The number of para-hydroxylation sites is 1. The number of amides is 1. The second kappa shape index (κ2) is 7.31. The van der Waals surface area contributed by atoms with Crippen molar-refractivity contribution in [3.63, 3.8) is 0 Å². The number of furan rings is 1. The van der Waals surface area contributed by atoms with Crippen molar-refractivity contribution in [1.29, 1.82) is 0 Å². The van der Waals surface area contributed by atoms with E-state index < -0.39 is 0 Å². The van der Waals surface area contributed by atoms with Crippen molar-refractivity contribution in [3.8, 4) is 0 Å². The molecule has 6 nitrogen and oxygen atoms in total.